The number of hydrogen-bond acceptors (Lipinski definition) is 3. The van der Waals surface area contributed by atoms with Crippen LogP contribution in [-0.2, 0) is 16.6 Å². The largest absolute Gasteiger partial charge is 0.399 e. The van der Waals surface area contributed by atoms with Gasteiger partial charge in [0.1, 0.15) is 0 Å². The van der Waals surface area contributed by atoms with Crippen LogP contribution in [0.2, 0.25) is 0 Å². The van der Waals surface area contributed by atoms with Gasteiger partial charge in [0.15, 0.2) is 0 Å². The van der Waals surface area contributed by atoms with Crippen LogP contribution in [0, 0.1) is 5.41 Å². The highest BCUT2D eigenvalue weighted by Crippen LogP contribution is 2.22. The zero-order chi connectivity index (χ0) is 15.6. The minimum absolute atomic E-state index is 0.0798. The normalized spacial score (nSPS) is 13.2. The summed E-state index contributed by atoms with van der Waals surface area (Å²) in [7, 11) is -3.30. The van der Waals surface area contributed by atoms with E-state index in [0.29, 0.717) is 12.2 Å². The van der Waals surface area contributed by atoms with Crippen molar-refractivity contribution in [1.82, 2.24) is 4.31 Å². The first-order chi connectivity index (χ1) is 9.01. The van der Waals surface area contributed by atoms with Crippen molar-refractivity contribution >= 4 is 15.7 Å². The van der Waals surface area contributed by atoms with Gasteiger partial charge in [-0.3, -0.25) is 0 Å². The van der Waals surface area contributed by atoms with Crippen LogP contribution in [0.1, 0.15) is 40.2 Å². The minimum atomic E-state index is -3.30. The molecule has 20 heavy (non-hydrogen) atoms. The average Bonchev–Trinajstić information content (AvgIpc) is 2.22. The summed E-state index contributed by atoms with van der Waals surface area (Å²) in [6.45, 7) is 9.96. The van der Waals surface area contributed by atoms with Gasteiger partial charge >= 0.3 is 0 Å². The second kappa shape index (κ2) is 6.14. The van der Waals surface area contributed by atoms with Crippen LogP contribution in [-0.4, -0.2) is 24.5 Å². The van der Waals surface area contributed by atoms with Crippen molar-refractivity contribution in [1.29, 1.82) is 0 Å². The fourth-order valence-corrected chi connectivity index (χ4v) is 4.35. The predicted octanol–water partition coefficient (Wildman–Crippen LogP) is 2.86. The topological polar surface area (TPSA) is 63.4 Å². The fourth-order valence-electron chi connectivity index (χ4n) is 2.10. The third kappa shape index (κ3) is 5.13. The average molecular weight is 298 g/mol. The van der Waals surface area contributed by atoms with Gasteiger partial charge in [0.05, 0.1) is 5.75 Å². The summed E-state index contributed by atoms with van der Waals surface area (Å²) in [6, 6.07) is 7.29. The van der Waals surface area contributed by atoms with Gasteiger partial charge in [0.2, 0.25) is 10.0 Å². The van der Waals surface area contributed by atoms with Gasteiger partial charge in [0, 0.05) is 18.3 Å². The molecule has 0 heterocycles. The molecule has 0 aliphatic carbocycles. The summed E-state index contributed by atoms with van der Waals surface area (Å²) in [6.07, 6.45) is 0. The molecule has 0 bridgehead atoms. The zero-order valence-electron chi connectivity index (χ0n) is 13.1. The standard InChI is InChI=1S/C15H26N2O2S/c1-12(2)17(20(18,19)11-15(3,4)5)10-13-7-6-8-14(16)9-13/h6-9,12H,10-11,16H2,1-5H3. The lowest BCUT2D eigenvalue weighted by Crippen LogP contribution is -2.40. The Balaban J connectivity index is 3.01. The molecule has 0 aromatic heterocycles. The van der Waals surface area contributed by atoms with Crippen LogP contribution in [0.15, 0.2) is 24.3 Å². The van der Waals surface area contributed by atoms with E-state index in [9.17, 15) is 8.42 Å². The Morgan fingerprint density at radius 1 is 1.25 bits per heavy atom. The summed E-state index contributed by atoms with van der Waals surface area (Å²) in [5, 5.41) is 0. The van der Waals surface area contributed by atoms with Crippen molar-refractivity contribution in [2.75, 3.05) is 11.5 Å². The molecule has 1 rings (SSSR count). The second-order valence-electron chi connectivity index (χ2n) is 6.70. The lowest BCUT2D eigenvalue weighted by molar-refractivity contribution is 0.337. The van der Waals surface area contributed by atoms with E-state index in [4.69, 9.17) is 5.73 Å². The highest BCUT2D eigenvalue weighted by atomic mass is 32.2. The summed E-state index contributed by atoms with van der Waals surface area (Å²) in [5.74, 6) is 0.139. The Hall–Kier alpha value is -1.07. The summed E-state index contributed by atoms with van der Waals surface area (Å²) in [4.78, 5) is 0. The van der Waals surface area contributed by atoms with E-state index < -0.39 is 10.0 Å². The van der Waals surface area contributed by atoms with Gasteiger partial charge in [-0.05, 0) is 37.0 Å². The molecule has 0 saturated carbocycles. The van der Waals surface area contributed by atoms with Crippen molar-refractivity contribution in [2.45, 2.75) is 47.2 Å². The smallest absolute Gasteiger partial charge is 0.215 e. The summed E-state index contributed by atoms with van der Waals surface area (Å²) < 4.78 is 26.7. The highest BCUT2D eigenvalue weighted by Gasteiger charge is 2.29. The molecule has 0 unspecified atom stereocenters. The predicted molar refractivity (Wildman–Crippen MR) is 84.8 cm³/mol. The third-order valence-corrected chi connectivity index (χ3v) is 5.33. The first-order valence-corrected chi connectivity index (χ1v) is 8.46. The number of sulfonamides is 1. The van der Waals surface area contributed by atoms with Crippen LogP contribution in [0.25, 0.3) is 0 Å². The molecule has 0 spiro atoms. The number of hydrogen-bond donors (Lipinski definition) is 1. The van der Waals surface area contributed by atoms with Crippen molar-refractivity contribution in [2.24, 2.45) is 5.41 Å². The molecule has 0 amide bonds. The molecular weight excluding hydrogens is 272 g/mol. The SMILES string of the molecule is CC(C)N(Cc1cccc(N)c1)S(=O)(=O)CC(C)(C)C. The lowest BCUT2D eigenvalue weighted by Gasteiger charge is -2.29. The van der Waals surface area contributed by atoms with E-state index in [1.807, 2.05) is 52.8 Å². The van der Waals surface area contributed by atoms with E-state index in [0.717, 1.165) is 5.56 Å². The Labute approximate surface area is 123 Å². The quantitative estimate of drug-likeness (QED) is 0.850. The molecule has 1 aromatic rings. The molecule has 5 heteroatoms. The maximum atomic E-state index is 12.6. The Morgan fingerprint density at radius 2 is 1.85 bits per heavy atom. The summed E-state index contributed by atoms with van der Waals surface area (Å²) in [5.41, 5.74) is 7.06. The van der Waals surface area contributed by atoms with Gasteiger partial charge < -0.3 is 5.73 Å². The maximum Gasteiger partial charge on any atom is 0.215 e. The lowest BCUT2D eigenvalue weighted by atomic mass is 10.0. The van der Waals surface area contributed by atoms with Gasteiger partial charge in [-0.25, -0.2) is 8.42 Å². The van der Waals surface area contributed by atoms with Crippen molar-refractivity contribution in [3.05, 3.63) is 29.8 Å². The Morgan fingerprint density at radius 3 is 2.30 bits per heavy atom. The van der Waals surface area contributed by atoms with Crippen LogP contribution in [0.3, 0.4) is 0 Å². The van der Waals surface area contributed by atoms with E-state index in [-0.39, 0.29) is 17.2 Å². The fraction of sp³-hybridized carbons (Fsp3) is 0.600. The number of nitrogen functional groups attached to an aromatic ring is 1. The first-order valence-electron chi connectivity index (χ1n) is 6.85. The van der Waals surface area contributed by atoms with Gasteiger partial charge in [0.25, 0.3) is 0 Å². The van der Waals surface area contributed by atoms with Crippen molar-refractivity contribution in [3.8, 4) is 0 Å². The molecule has 0 saturated heterocycles. The van der Waals surface area contributed by atoms with Crippen LogP contribution >= 0.6 is 0 Å². The molecule has 0 fully saturated rings. The third-order valence-electron chi connectivity index (χ3n) is 2.84. The molecule has 1 aromatic carbocycles. The molecule has 0 aliphatic heterocycles. The molecule has 2 N–H and O–H groups in total. The second-order valence-corrected chi connectivity index (χ2v) is 8.62. The zero-order valence-corrected chi connectivity index (χ0v) is 13.9. The molecule has 0 atom stereocenters. The highest BCUT2D eigenvalue weighted by molar-refractivity contribution is 7.89. The number of rotatable bonds is 5. The minimum Gasteiger partial charge on any atom is -0.399 e. The summed E-state index contributed by atoms with van der Waals surface area (Å²) >= 11 is 0. The molecule has 114 valence electrons. The molecule has 4 nitrogen and oxygen atoms in total. The molecule has 0 aliphatic rings. The van der Waals surface area contributed by atoms with E-state index in [2.05, 4.69) is 0 Å². The van der Waals surface area contributed by atoms with Crippen molar-refractivity contribution in [3.63, 3.8) is 0 Å². The van der Waals surface area contributed by atoms with E-state index >= 15 is 0 Å². The van der Waals surface area contributed by atoms with Crippen LogP contribution in [0.4, 0.5) is 5.69 Å². The monoisotopic (exact) mass is 298 g/mol. The Bertz CT molecular complexity index is 545. The van der Waals surface area contributed by atoms with Crippen LogP contribution < -0.4 is 5.73 Å². The maximum absolute atomic E-state index is 12.6. The first kappa shape index (κ1) is 17.0. The molecular formula is C15H26N2O2S. The number of anilines is 1. The van der Waals surface area contributed by atoms with E-state index in [1.165, 1.54) is 0 Å². The number of benzene rings is 1. The number of nitrogens with two attached hydrogens (primary N) is 1. The van der Waals surface area contributed by atoms with Gasteiger partial charge in [-0.2, -0.15) is 4.31 Å². The van der Waals surface area contributed by atoms with Gasteiger partial charge in [-0.1, -0.05) is 32.9 Å². The van der Waals surface area contributed by atoms with Crippen LogP contribution in [0.5, 0.6) is 0 Å². The van der Waals surface area contributed by atoms with E-state index in [1.54, 1.807) is 10.4 Å². The Kier molecular flexibility index (Phi) is 5.21. The number of nitrogens with zero attached hydrogens (tertiary/aromatic N) is 1. The van der Waals surface area contributed by atoms with Gasteiger partial charge in [-0.15, -0.1) is 0 Å². The van der Waals surface area contributed by atoms with Crippen molar-refractivity contribution < 1.29 is 8.42 Å². The molecule has 0 radical (unpaired) electrons.